The molecule has 0 aliphatic carbocycles. The molecule has 2 aromatic carbocycles. The highest BCUT2D eigenvalue weighted by molar-refractivity contribution is 7.89. The van der Waals surface area contributed by atoms with Crippen LogP contribution in [-0.4, -0.2) is 38.0 Å². The van der Waals surface area contributed by atoms with E-state index < -0.39 is 16.0 Å². The summed E-state index contributed by atoms with van der Waals surface area (Å²) in [5.74, 6) is -1.55. The second kappa shape index (κ2) is 9.43. The second-order valence-corrected chi connectivity index (χ2v) is 8.19. The lowest BCUT2D eigenvalue weighted by Crippen LogP contribution is -2.29. The zero-order valence-electron chi connectivity index (χ0n) is 15.6. The van der Waals surface area contributed by atoms with Gasteiger partial charge in [-0.05, 0) is 61.7 Å². The quantitative estimate of drug-likeness (QED) is 0.505. The molecule has 0 spiro atoms. The minimum Gasteiger partial charge on any atom is -0.550 e. The predicted molar refractivity (Wildman–Crippen MR) is 103 cm³/mol. The summed E-state index contributed by atoms with van der Waals surface area (Å²) in [6.45, 7) is 1.84. The van der Waals surface area contributed by atoms with Crippen molar-refractivity contribution in [1.29, 1.82) is 0 Å². The van der Waals surface area contributed by atoms with Crippen molar-refractivity contribution in [3.05, 3.63) is 59.9 Å². The number of anilines is 1. The fraction of sp³-hybridized carbons (Fsp3) is 0.263. The highest BCUT2D eigenvalue weighted by atomic mass is 32.2. The van der Waals surface area contributed by atoms with Crippen molar-refractivity contribution in [1.82, 2.24) is 4.31 Å². The van der Waals surface area contributed by atoms with E-state index in [4.69, 9.17) is 0 Å². The maximum Gasteiger partial charge on any atom is 0.242 e. The smallest absolute Gasteiger partial charge is 0.242 e. The lowest BCUT2D eigenvalue weighted by atomic mass is 10.1. The van der Waals surface area contributed by atoms with Gasteiger partial charge in [-0.1, -0.05) is 12.1 Å². The largest absolute Gasteiger partial charge is 0.550 e. The zero-order valence-corrected chi connectivity index (χ0v) is 16.4. The molecule has 0 heterocycles. The molecule has 0 bridgehead atoms. The first-order valence-electron chi connectivity index (χ1n) is 8.52. The molecule has 1 N–H and O–H groups in total. The second-order valence-electron chi connectivity index (χ2n) is 6.14. The first kappa shape index (κ1) is 21.5. The Morgan fingerprint density at radius 3 is 2.32 bits per heavy atom. The third-order valence-electron chi connectivity index (χ3n) is 4.03. The number of aliphatic carboxylic acids is 1. The molecule has 2 rings (SSSR count). The van der Waals surface area contributed by atoms with Crippen molar-refractivity contribution < 1.29 is 22.7 Å². The molecule has 0 unspecified atom stereocenters. The van der Waals surface area contributed by atoms with Crippen LogP contribution in [0.4, 0.5) is 10.1 Å². The van der Waals surface area contributed by atoms with Crippen LogP contribution in [0, 0.1) is 5.82 Å². The number of carbonyl (C=O) groups excluding carboxylic acids is 1. The average Bonchev–Trinajstić information content (AvgIpc) is 2.67. The first-order chi connectivity index (χ1) is 13.2. The molecular formula is C19H21FN3O4S-. The van der Waals surface area contributed by atoms with Crippen LogP contribution >= 0.6 is 0 Å². The Morgan fingerprint density at radius 1 is 1.14 bits per heavy atom. The Labute approximate surface area is 163 Å². The molecule has 0 aliphatic rings. The number of rotatable bonds is 9. The van der Waals surface area contributed by atoms with Crippen molar-refractivity contribution in [2.45, 2.75) is 24.7 Å². The van der Waals surface area contributed by atoms with E-state index in [1.54, 1.807) is 31.2 Å². The summed E-state index contributed by atoms with van der Waals surface area (Å²) < 4.78 is 39.0. The van der Waals surface area contributed by atoms with E-state index in [1.807, 2.05) is 0 Å². The van der Waals surface area contributed by atoms with Gasteiger partial charge in [0.2, 0.25) is 10.0 Å². The van der Waals surface area contributed by atoms with Gasteiger partial charge in [-0.15, -0.1) is 0 Å². The number of hydrogen-bond donors (Lipinski definition) is 1. The molecule has 0 saturated heterocycles. The molecule has 0 radical (unpaired) electrons. The van der Waals surface area contributed by atoms with E-state index in [-0.39, 0.29) is 30.1 Å². The summed E-state index contributed by atoms with van der Waals surface area (Å²) in [6, 6.07) is 11.9. The third kappa shape index (κ3) is 5.86. The van der Waals surface area contributed by atoms with Gasteiger partial charge in [0.05, 0.1) is 16.3 Å². The van der Waals surface area contributed by atoms with Crippen LogP contribution in [0.3, 0.4) is 0 Å². The monoisotopic (exact) mass is 406 g/mol. The van der Waals surface area contributed by atoms with Crippen molar-refractivity contribution in [2.24, 2.45) is 5.10 Å². The SMILES string of the molecule is C/C(=N/Nc1ccc(F)cc1)c1ccc(S(=O)(=O)N(C)CCCC(=O)[O-])cc1. The van der Waals surface area contributed by atoms with Crippen LogP contribution in [0.2, 0.25) is 0 Å². The number of hydrogen-bond acceptors (Lipinski definition) is 6. The summed E-state index contributed by atoms with van der Waals surface area (Å²) in [6.07, 6.45) is -0.0213. The van der Waals surface area contributed by atoms with Gasteiger partial charge in [-0.3, -0.25) is 5.43 Å². The zero-order chi connectivity index (χ0) is 20.7. The number of carboxylic acids is 1. The van der Waals surface area contributed by atoms with Crippen LogP contribution in [0.5, 0.6) is 0 Å². The van der Waals surface area contributed by atoms with E-state index in [0.29, 0.717) is 17.0 Å². The highest BCUT2D eigenvalue weighted by Crippen LogP contribution is 2.16. The molecule has 0 aliphatic heterocycles. The summed E-state index contributed by atoms with van der Waals surface area (Å²) in [5.41, 5.74) is 4.77. The molecule has 0 aromatic heterocycles. The Hall–Kier alpha value is -2.78. The standard InChI is InChI=1S/C19H22FN3O4S/c1-14(21-22-17-9-7-16(20)8-10-17)15-5-11-18(12-6-15)28(26,27)23(2)13-3-4-19(24)25/h5-12,22H,3-4,13H2,1-2H3,(H,24,25)/p-1/b21-14-. The van der Waals surface area contributed by atoms with Gasteiger partial charge in [0.25, 0.3) is 0 Å². The first-order valence-corrected chi connectivity index (χ1v) is 9.96. The van der Waals surface area contributed by atoms with Crippen LogP contribution < -0.4 is 10.5 Å². The molecule has 0 atom stereocenters. The maximum atomic E-state index is 12.9. The van der Waals surface area contributed by atoms with Crippen molar-refractivity contribution in [3.63, 3.8) is 0 Å². The molecule has 150 valence electrons. The summed E-state index contributed by atoms with van der Waals surface area (Å²) in [7, 11) is -2.31. The Morgan fingerprint density at radius 2 is 1.75 bits per heavy atom. The molecule has 0 amide bonds. The number of carboxylic acid groups (broad SMARTS) is 1. The number of hydrazone groups is 1. The predicted octanol–water partition coefficient (Wildman–Crippen LogP) is 1.81. The van der Waals surface area contributed by atoms with Gasteiger partial charge in [0, 0.05) is 19.6 Å². The topological polar surface area (TPSA) is 102 Å². The Kier molecular flexibility index (Phi) is 7.24. The molecule has 0 saturated carbocycles. The lowest BCUT2D eigenvalue weighted by Gasteiger charge is -2.17. The molecule has 28 heavy (non-hydrogen) atoms. The van der Waals surface area contributed by atoms with Crippen LogP contribution in [0.25, 0.3) is 0 Å². The Bertz CT molecular complexity index is 942. The minimum absolute atomic E-state index is 0.0835. The van der Waals surface area contributed by atoms with Gasteiger partial charge < -0.3 is 9.90 Å². The van der Waals surface area contributed by atoms with Crippen molar-refractivity contribution >= 4 is 27.4 Å². The number of nitrogens with one attached hydrogen (secondary N) is 1. The number of carbonyl (C=O) groups is 1. The number of halogens is 1. The molecule has 7 nitrogen and oxygen atoms in total. The number of benzene rings is 2. The third-order valence-corrected chi connectivity index (χ3v) is 5.90. The molecule has 2 aromatic rings. The summed E-state index contributed by atoms with van der Waals surface area (Å²) in [4.78, 5) is 10.6. The lowest BCUT2D eigenvalue weighted by molar-refractivity contribution is -0.305. The van der Waals surface area contributed by atoms with E-state index in [0.717, 1.165) is 4.31 Å². The van der Waals surface area contributed by atoms with Gasteiger partial charge in [-0.25, -0.2) is 17.1 Å². The maximum absolute atomic E-state index is 12.9. The number of sulfonamides is 1. The van der Waals surface area contributed by atoms with Crippen LogP contribution in [-0.2, 0) is 14.8 Å². The molecular weight excluding hydrogens is 385 g/mol. The van der Waals surface area contributed by atoms with Gasteiger partial charge in [0.1, 0.15) is 5.82 Å². The summed E-state index contributed by atoms with van der Waals surface area (Å²) in [5, 5.41) is 14.6. The summed E-state index contributed by atoms with van der Waals surface area (Å²) >= 11 is 0. The normalized spacial score (nSPS) is 12.2. The highest BCUT2D eigenvalue weighted by Gasteiger charge is 2.20. The van der Waals surface area contributed by atoms with E-state index in [9.17, 15) is 22.7 Å². The van der Waals surface area contributed by atoms with Crippen molar-refractivity contribution in [2.75, 3.05) is 19.0 Å². The average molecular weight is 406 g/mol. The van der Waals surface area contributed by atoms with E-state index in [2.05, 4.69) is 10.5 Å². The van der Waals surface area contributed by atoms with Gasteiger partial charge in [0.15, 0.2) is 0 Å². The number of nitrogens with zero attached hydrogens (tertiary/aromatic N) is 2. The van der Waals surface area contributed by atoms with Gasteiger partial charge >= 0.3 is 0 Å². The fourth-order valence-electron chi connectivity index (χ4n) is 2.35. The molecule has 0 fully saturated rings. The molecule has 9 heteroatoms. The van der Waals surface area contributed by atoms with Crippen LogP contribution in [0.15, 0.2) is 58.5 Å². The van der Waals surface area contributed by atoms with Crippen LogP contribution in [0.1, 0.15) is 25.3 Å². The van der Waals surface area contributed by atoms with Gasteiger partial charge in [-0.2, -0.15) is 5.10 Å². The van der Waals surface area contributed by atoms with E-state index >= 15 is 0 Å². The van der Waals surface area contributed by atoms with E-state index in [1.165, 1.54) is 31.3 Å². The van der Waals surface area contributed by atoms with Crippen molar-refractivity contribution in [3.8, 4) is 0 Å². The minimum atomic E-state index is -3.71. The fourth-order valence-corrected chi connectivity index (χ4v) is 3.56. The Balaban J connectivity index is 2.05.